The van der Waals surface area contributed by atoms with E-state index in [-0.39, 0.29) is 12.1 Å². The Morgan fingerprint density at radius 1 is 1.30 bits per heavy atom. The molecule has 9 heteroatoms. The summed E-state index contributed by atoms with van der Waals surface area (Å²) in [5.41, 5.74) is 0.0378. The van der Waals surface area contributed by atoms with Crippen LogP contribution >= 0.6 is 11.8 Å². The first-order chi connectivity index (χ1) is 11.0. The molecule has 0 spiro atoms. The molecule has 0 amide bonds. The summed E-state index contributed by atoms with van der Waals surface area (Å²) >= 11 is 1.92. The molecule has 1 unspecified atom stereocenters. The fourth-order valence-electron chi connectivity index (χ4n) is 2.93. The van der Waals surface area contributed by atoms with Crippen molar-refractivity contribution >= 4 is 17.7 Å². The molecule has 0 aromatic carbocycles. The predicted molar refractivity (Wildman–Crippen MR) is 87.1 cm³/mol. The van der Waals surface area contributed by atoms with E-state index in [0.29, 0.717) is 12.5 Å². The number of hydrogen-bond donors (Lipinski definition) is 2. The van der Waals surface area contributed by atoms with Gasteiger partial charge < -0.3 is 15.4 Å². The van der Waals surface area contributed by atoms with Gasteiger partial charge in [0.25, 0.3) is 0 Å². The van der Waals surface area contributed by atoms with Crippen LogP contribution in [0.25, 0.3) is 0 Å². The molecular weight excluding hydrogens is 329 g/mol. The standard InChI is InChI=1S/C14H25F3N4OS/c1-18-12(19-4-2-14(15,16)17)20-10-13(3-9-23-11-13)21-5-7-22-8-6-21/h2-11H2,1H3,(H2,18,19,20). The number of hydrogen-bond acceptors (Lipinski definition) is 4. The SMILES string of the molecule is CN=C(NCCC(F)(F)F)NCC1(N2CCOCC2)CCSC1. The molecule has 2 aliphatic rings. The maximum absolute atomic E-state index is 12.2. The molecular formula is C14H25F3N4OS. The summed E-state index contributed by atoms with van der Waals surface area (Å²) in [6, 6.07) is 0. The van der Waals surface area contributed by atoms with Crippen molar-refractivity contribution in [3.63, 3.8) is 0 Å². The Bertz CT molecular complexity index is 394. The quantitative estimate of drug-likeness (QED) is 0.576. The van der Waals surface area contributed by atoms with E-state index in [1.54, 1.807) is 7.05 Å². The molecule has 23 heavy (non-hydrogen) atoms. The van der Waals surface area contributed by atoms with E-state index in [1.807, 2.05) is 11.8 Å². The molecule has 2 aliphatic heterocycles. The number of guanidine groups is 1. The van der Waals surface area contributed by atoms with Gasteiger partial charge in [-0.25, -0.2) is 0 Å². The van der Waals surface area contributed by atoms with Gasteiger partial charge in [-0.2, -0.15) is 24.9 Å². The lowest BCUT2D eigenvalue weighted by Crippen LogP contribution is -2.60. The average Bonchev–Trinajstić information content (AvgIpc) is 3.00. The van der Waals surface area contributed by atoms with Crippen molar-refractivity contribution in [3.8, 4) is 0 Å². The monoisotopic (exact) mass is 354 g/mol. The zero-order chi connectivity index (χ0) is 16.8. The van der Waals surface area contributed by atoms with Gasteiger partial charge in [0.05, 0.1) is 19.6 Å². The number of morpholine rings is 1. The Kier molecular flexibility index (Phi) is 6.84. The van der Waals surface area contributed by atoms with Gasteiger partial charge in [-0.05, 0) is 12.2 Å². The molecule has 0 saturated carbocycles. The summed E-state index contributed by atoms with van der Waals surface area (Å²) in [4.78, 5) is 6.47. The third-order valence-electron chi connectivity index (χ3n) is 4.27. The molecule has 1 atom stereocenters. The van der Waals surface area contributed by atoms with Crippen molar-refractivity contribution in [1.82, 2.24) is 15.5 Å². The minimum Gasteiger partial charge on any atom is -0.379 e. The molecule has 2 rings (SSSR count). The average molecular weight is 354 g/mol. The molecule has 2 fully saturated rings. The summed E-state index contributed by atoms with van der Waals surface area (Å²) in [5.74, 6) is 2.57. The topological polar surface area (TPSA) is 48.9 Å². The van der Waals surface area contributed by atoms with Crippen molar-refractivity contribution in [2.75, 3.05) is 57.9 Å². The molecule has 2 heterocycles. The fourth-order valence-corrected chi connectivity index (χ4v) is 4.40. The maximum atomic E-state index is 12.2. The van der Waals surface area contributed by atoms with Crippen LogP contribution in [0.4, 0.5) is 13.2 Å². The highest BCUT2D eigenvalue weighted by atomic mass is 32.2. The molecule has 0 aromatic heterocycles. The smallest absolute Gasteiger partial charge is 0.379 e. The molecule has 2 N–H and O–H groups in total. The normalized spacial score (nSPS) is 27.2. The van der Waals surface area contributed by atoms with E-state index < -0.39 is 12.6 Å². The van der Waals surface area contributed by atoms with Crippen LogP contribution in [0.5, 0.6) is 0 Å². The Morgan fingerprint density at radius 3 is 2.61 bits per heavy atom. The predicted octanol–water partition coefficient (Wildman–Crippen LogP) is 1.31. The van der Waals surface area contributed by atoms with E-state index in [9.17, 15) is 13.2 Å². The van der Waals surface area contributed by atoms with Crippen LogP contribution < -0.4 is 10.6 Å². The van der Waals surface area contributed by atoms with Crippen molar-refractivity contribution in [3.05, 3.63) is 0 Å². The number of alkyl halides is 3. The third kappa shape index (κ3) is 5.72. The number of aliphatic imine (C=N–C) groups is 1. The molecule has 0 bridgehead atoms. The Morgan fingerprint density at radius 2 is 2.04 bits per heavy atom. The van der Waals surface area contributed by atoms with Crippen molar-refractivity contribution in [1.29, 1.82) is 0 Å². The summed E-state index contributed by atoms with van der Waals surface area (Å²) < 4.78 is 42.1. The maximum Gasteiger partial charge on any atom is 0.390 e. The van der Waals surface area contributed by atoms with Crippen LogP contribution in [-0.2, 0) is 4.74 Å². The number of rotatable bonds is 5. The van der Waals surface area contributed by atoms with Crippen LogP contribution in [0.2, 0.25) is 0 Å². The number of nitrogens with zero attached hydrogens (tertiary/aromatic N) is 2. The van der Waals surface area contributed by atoms with Crippen LogP contribution in [-0.4, -0.2) is 80.5 Å². The first-order valence-electron chi connectivity index (χ1n) is 7.87. The lowest BCUT2D eigenvalue weighted by molar-refractivity contribution is -0.132. The first kappa shape index (κ1) is 18.7. The van der Waals surface area contributed by atoms with E-state index in [1.165, 1.54) is 0 Å². The third-order valence-corrected chi connectivity index (χ3v) is 5.51. The van der Waals surface area contributed by atoms with Crippen LogP contribution in [0.3, 0.4) is 0 Å². The molecule has 0 aliphatic carbocycles. The van der Waals surface area contributed by atoms with Gasteiger partial charge in [0.1, 0.15) is 0 Å². The van der Waals surface area contributed by atoms with Gasteiger partial charge in [-0.3, -0.25) is 9.89 Å². The number of halogens is 3. The van der Waals surface area contributed by atoms with E-state index in [0.717, 1.165) is 44.2 Å². The second-order valence-electron chi connectivity index (χ2n) is 5.84. The van der Waals surface area contributed by atoms with E-state index in [4.69, 9.17) is 4.74 Å². The van der Waals surface area contributed by atoms with Crippen molar-refractivity contribution in [2.45, 2.75) is 24.6 Å². The molecule has 0 aromatic rings. The summed E-state index contributed by atoms with van der Waals surface area (Å²) in [6.45, 7) is 3.81. The Balaban J connectivity index is 1.84. The summed E-state index contributed by atoms with van der Waals surface area (Å²) in [7, 11) is 1.58. The minimum absolute atomic E-state index is 0.0378. The highest BCUT2D eigenvalue weighted by Gasteiger charge is 2.40. The van der Waals surface area contributed by atoms with Gasteiger partial charge in [-0.1, -0.05) is 0 Å². The van der Waals surface area contributed by atoms with Gasteiger partial charge >= 0.3 is 6.18 Å². The van der Waals surface area contributed by atoms with Gasteiger partial charge in [-0.15, -0.1) is 0 Å². The Labute approximate surface area is 139 Å². The summed E-state index contributed by atoms with van der Waals surface area (Å²) in [5, 5.41) is 5.95. The van der Waals surface area contributed by atoms with E-state index >= 15 is 0 Å². The minimum atomic E-state index is -4.15. The molecule has 0 radical (unpaired) electrons. The molecule has 2 saturated heterocycles. The van der Waals surface area contributed by atoms with Crippen LogP contribution in [0, 0.1) is 0 Å². The zero-order valence-corrected chi connectivity index (χ0v) is 14.2. The highest BCUT2D eigenvalue weighted by Crippen LogP contribution is 2.33. The van der Waals surface area contributed by atoms with Crippen LogP contribution in [0.15, 0.2) is 4.99 Å². The van der Waals surface area contributed by atoms with E-state index in [2.05, 4.69) is 20.5 Å². The van der Waals surface area contributed by atoms with Crippen molar-refractivity contribution < 1.29 is 17.9 Å². The summed E-state index contributed by atoms with van der Waals surface area (Å²) in [6.07, 6.45) is -3.94. The van der Waals surface area contributed by atoms with Gasteiger partial charge in [0, 0.05) is 44.5 Å². The number of ether oxygens (including phenoxy) is 1. The number of nitrogens with one attached hydrogen (secondary N) is 2. The first-order valence-corrected chi connectivity index (χ1v) is 9.02. The van der Waals surface area contributed by atoms with Gasteiger partial charge in [0.2, 0.25) is 0 Å². The lowest BCUT2D eigenvalue weighted by Gasteiger charge is -2.43. The number of thioether (sulfide) groups is 1. The Hall–Kier alpha value is -0.670. The largest absolute Gasteiger partial charge is 0.390 e. The van der Waals surface area contributed by atoms with Gasteiger partial charge in [0.15, 0.2) is 5.96 Å². The fraction of sp³-hybridized carbons (Fsp3) is 0.929. The second-order valence-corrected chi connectivity index (χ2v) is 6.95. The molecule has 5 nitrogen and oxygen atoms in total. The lowest BCUT2D eigenvalue weighted by atomic mass is 9.95. The zero-order valence-electron chi connectivity index (χ0n) is 13.4. The van der Waals surface area contributed by atoms with Crippen molar-refractivity contribution in [2.24, 2.45) is 4.99 Å². The second kappa shape index (κ2) is 8.43. The molecule has 134 valence electrons. The highest BCUT2D eigenvalue weighted by molar-refractivity contribution is 7.99. The van der Waals surface area contributed by atoms with Crippen LogP contribution in [0.1, 0.15) is 12.8 Å².